The molecule has 0 aromatic carbocycles. The highest BCUT2D eigenvalue weighted by Crippen LogP contribution is 2.01. The number of ether oxygens (including phenoxy) is 1. The summed E-state index contributed by atoms with van der Waals surface area (Å²) in [6, 6.07) is -0.305. The standard InChI is InChI=1S/C10H16N2O3/c1-3-9(11-7-13)5-15-6-10(4-2)12-8-14/h9-10H,3-6H2,1-2H3. The van der Waals surface area contributed by atoms with Crippen LogP contribution in [0.15, 0.2) is 9.98 Å². The Morgan fingerprint density at radius 3 is 1.67 bits per heavy atom. The van der Waals surface area contributed by atoms with Gasteiger partial charge in [0.1, 0.15) is 0 Å². The van der Waals surface area contributed by atoms with Crippen LogP contribution in [0.25, 0.3) is 0 Å². The van der Waals surface area contributed by atoms with Crippen molar-refractivity contribution in [2.45, 2.75) is 38.8 Å². The van der Waals surface area contributed by atoms with E-state index in [2.05, 4.69) is 9.98 Å². The summed E-state index contributed by atoms with van der Waals surface area (Å²) >= 11 is 0. The van der Waals surface area contributed by atoms with Crippen LogP contribution in [0.3, 0.4) is 0 Å². The van der Waals surface area contributed by atoms with Crippen LogP contribution in [0.1, 0.15) is 26.7 Å². The van der Waals surface area contributed by atoms with E-state index in [1.807, 2.05) is 13.8 Å². The van der Waals surface area contributed by atoms with Gasteiger partial charge in [-0.2, -0.15) is 0 Å². The largest absolute Gasteiger partial charge is 0.377 e. The maximum Gasteiger partial charge on any atom is 0.235 e. The molecule has 0 aliphatic carbocycles. The second kappa shape index (κ2) is 9.28. The van der Waals surface area contributed by atoms with Gasteiger partial charge in [0.2, 0.25) is 12.2 Å². The Balaban J connectivity index is 3.84. The van der Waals surface area contributed by atoms with E-state index in [1.54, 1.807) is 0 Å². The van der Waals surface area contributed by atoms with Gasteiger partial charge in [0, 0.05) is 0 Å². The molecule has 5 nitrogen and oxygen atoms in total. The van der Waals surface area contributed by atoms with Gasteiger partial charge in [0.15, 0.2) is 0 Å². The summed E-state index contributed by atoms with van der Waals surface area (Å²) in [6.07, 6.45) is 4.46. The minimum Gasteiger partial charge on any atom is -0.377 e. The van der Waals surface area contributed by atoms with Crippen LogP contribution in [0.2, 0.25) is 0 Å². The molecule has 0 aliphatic heterocycles. The van der Waals surface area contributed by atoms with Crippen molar-refractivity contribution in [1.29, 1.82) is 0 Å². The molecule has 0 rings (SSSR count). The number of nitrogens with zero attached hydrogens (tertiary/aromatic N) is 2. The first kappa shape index (κ1) is 13.7. The highest BCUT2D eigenvalue weighted by Gasteiger charge is 2.07. The molecule has 0 N–H and O–H groups in total. The lowest BCUT2D eigenvalue weighted by Gasteiger charge is -2.11. The molecule has 0 saturated heterocycles. The average molecular weight is 212 g/mol. The highest BCUT2D eigenvalue weighted by atomic mass is 16.5. The van der Waals surface area contributed by atoms with E-state index in [1.165, 1.54) is 12.2 Å². The topological polar surface area (TPSA) is 68.1 Å². The van der Waals surface area contributed by atoms with E-state index in [0.29, 0.717) is 13.2 Å². The Hall–Kier alpha value is -1.28. The van der Waals surface area contributed by atoms with Gasteiger partial charge in [-0.3, -0.25) is 0 Å². The Morgan fingerprint density at radius 1 is 1.00 bits per heavy atom. The van der Waals surface area contributed by atoms with Crippen LogP contribution in [0.4, 0.5) is 0 Å². The van der Waals surface area contributed by atoms with Crippen molar-refractivity contribution in [3.05, 3.63) is 0 Å². The van der Waals surface area contributed by atoms with Gasteiger partial charge in [-0.05, 0) is 12.8 Å². The van der Waals surface area contributed by atoms with Crippen LogP contribution >= 0.6 is 0 Å². The van der Waals surface area contributed by atoms with Crippen LogP contribution in [-0.2, 0) is 14.3 Å². The fourth-order valence-corrected chi connectivity index (χ4v) is 0.982. The van der Waals surface area contributed by atoms with Crippen LogP contribution in [0.5, 0.6) is 0 Å². The molecule has 5 heteroatoms. The molecular weight excluding hydrogens is 196 g/mol. The zero-order valence-corrected chi connectivity index (χ0v) is 9.10. The number of isocyanates is 2. The summed E-state index contributed by atoms with van der Waals surface area (Å²) in [4.78, 5) is 27.2. The first-order valence-corrected chi connectivity index (χ1v) is 5.00. The number of aliphatic imine (C=N–C) groups is 2. The van der Waals surface area contributed by atoms with Gasteiger partial charge in [-0.25, -0.2) is 19.6 Å². The van der Waals surface area contributed by atoms with Crippen molar-refractivity contribution >= 4 is 12.2 Å². The molecule has 2 unspecified atom stereocenters. The second-order valence-corrected chi connectivity index (χ2v) is 3.10. The van der Waals surface area contributed by atoms with Crippen molar-refractivity contribution in [3.8, 4) is 0 Å². The molecule has 0 heterocycles. The second-order valence-electron chi connectivity index (χ2n) is 3.10. The van der Waals surface area contributed by atoms with Gasteiger partial charge in [-0.15, -0.1) is 0 Å². The van der Waals surface area contributed by atoms with Gasteiger partial charge in [-0.1, -0.05) is 13.8 Å². The molecule has 15 heavy (non-hydrogen) atoms. The van der Waals surface area contributed by atoms with E-state index in [0.717, 1.165) is 12.8 Å². The Morgan fingerprint density at radius 2 is 1.40 bits per heavy atom. The summed E-state index contributed by atoms with van der Waals surface area (Å²) in [6.45, 7) is 4.54. The fourth-order valence-electron chi connectivity index (χ4n) is 0.982. The minimum atomic E-state index is -0.153. The SMILES string of the molecule is CCC(COCC(CC)N=C=O)N=C=O. The minimum absolute atomic E-state index is 0.153. The predicted octanol–water partition coefficient (Wildman–Crippen LogP) is 1.23. The third-order valence-corrected chi connectivity index (χ3v) is 2.03. The molecule has 0 aromatic heterocycles. The van der Waals surface area contributed by atoms with Crippen molar-refractivity contribution in [2.75, 3.05) is 13.2 Å². The van der Waals surface area contributed by atoms with Crippen LogP contribution in [0, 0.1) is 0 Å². The van der Waals surface area contributed by atoms with Crippen molar-refractivity contribution in [3.63, 3.8) is 0 Å². The number of hydrogen-bond donors (Lipinski definition) is 0. The van der Waals surface area contributed by atoms with Crippen LogP contribution < -0.4 is 0 Å². The highest BCUT2D eigenvalue weighted by molar-refractivity contribution is 5.33. The van der Waals surface area contributed by atoms with E-state index in [9.17, 15) is 9.59 Å². The molecule has 0 amide bonds. The summed E-state index contributed by atoms with van der Waals surface area (Å²) < 4.78 is 5.30. The van der Waals surface area contributed by atoms with Crippen molar-refractivity contribution in [1.82, 2.24) is 0 Å². The number of carbonyl (C=O) groups excluding carboxylic acids is 2. The lowest BCUT2D eigenvalue weighted by Crippen LogP contribution is -2.18. The molecule has 84 valence electrons. The molecule has 0 fully saturated rings. The maximum absolute atomic E-state index is 10.0. The third-order valence-electron chi connectivity index (χ3n) is 2.03. The molecule has 0 spiro atoms. The molecule has 0 aliphatic rings. The fraction of sp³-hybridized carbons (Fsp3) is 0.800. The van der Waals surface area contributed by atoms with Gasteiger partial charge < -0.3 is 4.74 Å². The molecule has 0 saturated carbocycles. The quantitative estimate of drug-likeness (QED) is 0.449. The van der Waals surface area contributed by atoms with E-state index < -0.39 is 0 Å². The third kappa shape index (κ3) is 6.75. The van der Waals surface area contributed by atoms with E-state index in [4.69, 9.17) is 4.74 Å². The first-order chi connectivity index (χ1) is 7.28. The van der Waals surface area contributed by atoms with Gasteiger partial charge in [0.05, 0.1) is 25.3 Å². The smallest absolute Gasteiger partial charge is 0.235 e. The number of hydrogen-bond acceptors (Lipinski definition) is 5. The lowest BCUT2D eigenvalue weighted by atomic mass is 10.2. The number of rotatable bonds is 8. The Labute approximate surface area is 89.3 Å². The summed E-state index contributed by atoms with van der Waals surface area (Å²) in [5.74, 6) is 0. The predicted molar refractivity (Wildman–Crippen MR) is 55.2 cm³/mol. The molecule has 2 atom stereocenters. The zero-order chi connectivity index (χ0) is 11.5. The molecule has 0 radical (unpaired) electrons. The van der Waals surface area contributed by atoms with E-state index in [-0.39, 0.29) is 12.1 Å². The maximum atomic E-state index is 10.0. The van der Waals surface area contributed by atoms with Crippen molar-refractivity contribution < 1.29 is 14.3 Å². The summed E-state index contributed by atoms with van der Waals surface area (Å²) in [5.41, 5.74) is 0. The Bertz CT molecular complexity index is 229. The normalized spacial score (nSPS) is 13.5. The Kier molecular flexibility index (Phi) is 8.49. The molecule has 0 bridgehead atoms. The molecule has 0 aromatic rings. The lowest BCUT2D eigenvalue weighted by molar-refractivity contribution is 0.108. The van der Waals surface area contributed by atoms with Gasteiger partial charge >= 0.3 is 0 Å². The summed E-state index contributed by atoms with van der Waals surface area (Å²) in [5, 5.41) is 0. The monoisotopic (exact) mass is 212 g/mol. The van der Waals surface area contributed by atoms with Crippen LogP contribution in [-0.4, -0.2) is 37.5 Å². The molecular formula is C10H16N2O3. The zero-order valence-electron chi connectivity index (χ0n) is 9.10. The average Bonchev–Trinajstić information content (AvgIpc) is 2.26. The summed E-state index contributed by atoms with van der Waals surface area (Å²) in [7, 11) is 0. The first-order valence-electron chi connectivity index (χ1n) is 5.00. The van der Waals surface area contributed by atoms with Crippen molar-refractivity contribution in [2.24, 2.45) is 9.98 Å². The van der Waals surface area contributed by atoms with E-state index >= 15 is 0 Å². The van der Waals surface area contributed by atoms with Gasteiger partial charge in [0.25, 0.3) is 0 Å².